The van der Waals surface area contributed by atoms with Crippen molar-refractivity contribution < 1.29 is 21.5 Å². The molecule has 0 spiro atoms. The summed E-state index contributed by atoms with van der Waals surface area (Å²) in [5.74, 6) is 0.791. The minimum atomic E-state index is -3.93. The smallest absolute Gasteiger partial charge is 0.448 e. The summed E-state index contributed by atoms with van der Waals surface area (Å²) in [4.78, 5) is 0. The van der Waals surface area contributed by atoms with Crippen molar-refractivity contribution in [3.63, 3.8) is 0 Å². The maximum atomic E-state index is 10.8. The van der Waals surface area contributed by atoms with Crippen LogP contribution in [0.25, 0.3) is 0 Å². The van der Waals surface area contributed by atoms with Crippen molar-refractivity contribution in [2.75, 3.05) is 14.2 Å². The predicted molar refractivity (Wildman–Crippen MR) is 49.6 cm³/mol. The second-order valence-electron chi connectivity index (χ2n) is 2.33. The maximum absolute atomic E-state index is 10.8. The Hall–Kier alpha value is -1.27. The molecule has 0 aromatic heterocycles. The molecule has 0 fully saturated rings. The van der Waals surface area contributed by atoms with Crippen molar-refractivity contribution in [2.45, 2.75) is 0 Å². The molecule has 0 amide bonds. The van der Waals surface area contributed by atoms with Gasteiger partial charge in [-0.3, -0.25) is 0 Å². The molecule has 0 atom stereocenters. The molecular weight excluding hydrogens is 208 g/mol. The lowest BCUT2D eigenvalue weighted by Gasteiger charge is -2.04. The average Bonchev–Trinajstić information content (AvgIpc) is 2.19. The first-order chi connectivity index (χ1) is 6.57. The average molecular weight is 218 g/mol. The topological polar surface area (TPSA) is 61.8 Å². The van der Waals surface area contributed by atoms with Gasteiger partial charge in [0.2, 0.25) is 0 Å². The molecule has 0 unspecified atom stereocenters. The summed E-state index contributed by atoms with van der Waals surface area (Å²) in [7, 11) is -1.39. The van der Waals surface area contributed by atoms with E-state index in [2.05, 4.69) is 8.37 Å². The highest BCUT2D eigenvalue weighted by molar-refractivity contribution is 7.82. The summed E-state index contributed by atoms with van der Waals surface area (Å²) in [6, 6.07) is 6.10. The van der Waals surface area contributed by atoms with Crippen molar-refractivity contribution in [2.24, 2.45) is 0 Å². The van der Waals surface area contributed by atoms with Gasteiger partial charge >= 0.3 is 10.4 Å². The van der Waals surface area contributed by atoms with Gasteiger partial charge in [0, 0.05) is 0 Å². The van der Waals surface area contributed by atoms with E-state index < -0.39 is 10.4 Å². The van der Waals surface area contributed by atoms with Crippen molar-refractivity contribution >= 4 is 10.4 Å². The van der Waals surface area contributed by atoms with E-state index in [0.717, 1.165) is 7.11 Å². The Morgan fingerprint density at radius 1 is 1.00 bits per heavy atom. The van der Waals surface area contributed by atoms with Crippen LogP contribution in [0, 0.1) is 0 Å². The minimum Gasteiger partial charge on any atom is -0.497 e. The van der Waals surface area contributed by atoms with E-state index in [1.54, 1.807) is 12.1 Å². The fraction of sp³-hybridized carbons (Fsp3) is 0.250. The molecular formula is C8H10O5S. The number of ether oxygens (including phenoxy) is 1. The van der Waals surface area contributed by atoms with Gasteiger partial charge in [0.05, 0.1) is 14.2 Å². The lowest BCUT2D eigenvalue weighted by Crippen LogP contribution is -2.10. The van der Waals surface area contributed by atoms with E-state index in [4.69, 9.17) is 4.74 Å². The van der Waals surface area contributed by atoms with Crippen LogP contribution in [0.15, 0.2) is 24.3 Å². The van der Waals surface area contributed by atoms with Gasteiger partial charge in [-0.15, -0.1) is 0 Å². The molecule has 0 heterocycles. The molecule has 5 nitrogen and oxygen atoms in total. The van der Waals surface area contributed by atoms with Gasteiger partial charge in [0.1, 0.15) is 11.5 Å². The third-order valence-corrected chi connectivity index (χ3v) is 2.27. The monoisotopic (exact) mass is 218 g/mol. The summed E-state index contributed by atoms with van der Waals surface area (Å²) in [5.41, 5.74) is 0. The molecule has 78 valence electrons. The quantitative estimate of drug-likeness (QED) is 0.753. The third kappa shape index (κ3) is 2.90. The zero-order valence-corrected chi connectivity index (χ0v) is 8.58. The normalized spacial score (nSPS) is 11.0. The number of hydrogen-bond donors (Lipinski definition) is 0. The van der Waals surface area contributed by atoms with E-state index >= 15 is 0 Å². The van der Waals surface area contributed by atoms with Gasteiger partial charge in [-0.1, -0.05) is 0 Å². The van der Waals surface area contributed by atoms with Gasteiger partial charge in [-0.25, -0.2) is 4.18 Å². The molecule has 0 aliphatic carbocycles. The molecule has 1 rings (SSSR count). The van der Waals surface area contributed by atoms with Crippen molar-refractivity contribution in [1.29, 1.82) is 0 Å². The summed E-state index contributed by atoms with van der Waals surface area (Å²) in [5, 5.41) is 0. The van der Waals surface area contributed by atoms with Crippen LogP contribution in [0.5, 0.6) is 11.5 Å². The van der Waals surface area contributed by atoms with Crippen molar-refractivity contribution in [3.05, 3.63) is 24.3 Å². The Bertz CT molecular complexity index is 381. The molecule has 0 saturated heterocycles. The van der Waals surface area contributed by atoms with E-state index in [-0.39, 0.29) is 5.75 Å². The minimum absolute atomic E-state index is 0.174. The standard InChI is InChI=1S/C8H10O5S/c1-11-7-3-5-8(6-4-7)13-14(9,10)12-2/h3-6H,1-2H3. The van der Waals surface area contributed by atoms with E-state index in [1.807, 2.05) is 0 Å². The summed E-state index contributed by atoms with van der Waals surface area (Å²) in [6.45, 7) is 0. The van der Waals surface area contributed by atoms with Gasteiger partial charge < -0.3 is 8.92 Å². The van der Waals surface area contributed by atoms with Crippen LogP contribution < -0.4 is 8.92 Å². The molecule has 0 saturated carbocycles. The third-order valence-electron chi connectivity index (χ3n) is 1.46. The zero-order chi connectivity index (χ0) is 10.6. The molecule has 14 heavy (non-hydrogen) atoms. The van der Waals surface area contributed by atoms with Crippen LogP contribution in [-0.2, 0) is 14.6 Å². The highest BCUT2D eigenvalue weighted by atomic mass is 32.3. The van der Waals surface area contributed by atoms with Crippen LogP contribution in [0.3, 0.4) is 0 Å². The van der Waals surface area contributed by atoms with Crippen LogP contribution in [0.2, 0.25) is 0 Å². The maximum Gasteiger partial charge on any atom is 0.448 e. The largest absolute Gasteiger partial charge is 0.497 e. The van der Waals surface area contributed by atoms with E-state index in [1.165, 1.54) is 19.2 Å². The van der Waals surface area contributed by atoms with E-state index in [9.17, 15) is 8.42 Å². The molecule has 0 aliphatic rings. The van der Waals surface area contributed by atoms with Crippen molar-refractivity contribution in [1.82, 2.24) is 0 Å². The summed E-state index contributed by atoms with van der Waals surface area (Å²) in [6.07, 6.45) is 0. The van der Waals surface area contributed by atoms with Gasteiger partial charge in [0.25, 0.3) is 0 Å². The fourth-order valence-corrected chi connectivity index (χ4v) is 1.20. The first-order valence-electron chi connectivity index (χ1n) is 3.71. The first kappa shape index (κ1) is 10.8. The van der Waals surface area contributed by atoms with Crippen LogP contribution >= 0.6 is 0 Å². The van der Waals surface area contributed by atoms with Gasteiger partial charge in [-0.2, -0.15) is 8.42 Å². The molecule has 6 heteroatoms. The SMILES string of the molecule is COc1ccc(OS(=O)(=O)OC)cc1. The Balaban J connectivity index is 2.79. The van der Waals surface area contributed by atoms with Gasteiger partial charge in [0.15, 0.2) is 0 Å². The van der Waals surface area contributed by atoms with Crippen LogP contribution in [-0.4, -0.2) is 22.6 Å². The number of methoxy groups -OCH3 is 1. The van der Waals surface area contributed by atoms with Gasteiger partial charge in [-0.05, 0) is 24.3 Å². The molecule has 0 N–H and O–H groups in total. The number of benzene rings is 1. The van der Waals surface area contributed by atoms with E-state index in [0.29, 0.717) is 5.75 Å². The number of hydrogen-bond acceptors (Lipinski definition) is 5. The van der Waals surface area contributed by atoms with Crippen LogP contribution in [0.1, 0.15) is 0 Å². The highest BCUT2D eigenvalue weighted by Gasteiger charge is 2.10. The number of rotatable bonds is 4. The summed E-state index contributed by atoms with van der Waals surface area (Å²) < 4.78 is 35.2. The Kier molecular flexibility index (Phi) is 3.32. The molecule has 0 aliphatic heterocycles. The zero-order valence-electron chi connectivity index (χ0n) is 7.76. The second-order valence-corrected chi connectivity index (χ2v) is 3.65. The molecule has 0 radical (unpaired) electrons. The van der Waals surface area contributed by atoms with Crippen LogP contribution in [0.4, 0.5) is 0 Å². The lowest BCUT2D eigenvalue weighted by atomic mass is 10.3. The molecule has 1 aromatic rings. The highest BCUT2D eigenvalue weighted by Crippen LogP contribution is 2.18. The predicted octanol–water partition coefficient (Wildman–Crippen LogP) is 0.965. The first-order valence-corrected chi connectivity index (χ1v) is 5.05. The summed E-state index contributed by atoms with van der Waals surface area (Å²) >= 11 is 0. The Morgan fingerprint density at radius 3 is 1.93 bits per heavy atom. The fourth-order valence-electron chi connectivity index (χ4n) is 0.783. The lowest BCUT2D eigenvalue weighted by molar-refractivity contribution is 0.330. The molecule has 1 aromatic carbocycles. The Morgan fingerprint density at radius 2 is 1.50 bits per heavy atom. The Labute approximate surface area is 82.5 Å². The van der Waals surface area contributed by atoms with Crippen molar-refractivity contribution in [3.8, 4) is 11.5 Å². The second kappa shape index (κ2) is 4.30. The molecule has 0 bridgehead atoms.